The maximum atomic E-state index is 12.6. The maximum absolute atomic E-state index is 12.6. The number of fused-ring (bicyclic) bond motifs is 1. The molecule has 1 saturated carbocycles. The number of nitrogens with zero attached hydrogens (tertiary/aromatic N) is 5. The van der Waals surface area contributed by atoms with Crippen LogP contribution in [0.15, 0.2) is 23.1 Å². The van der Waals surface area contributed by atoms with E-state index in [2.05, 4.69) is 9.97 Å². The molecule has 30 heavy (non-hydrogen) atoms. The van der Waals surface area contributed by atoms with Gasteiger partial charge in [0.2, 0.25) is 10.0 Å². The fourth-order valence-electron chi connectivity index (χ4n) is 4.45. The Bertz CT molecular complexity index is 1080. The van der Waals surface area contributed by atoms with E-state index in [1.807, 2.05) is 0 Å². The van der Waals surface area contributed by atoms with Gasteiger partial charge in [-0.25, -0.2) is 22.8 Å². The van der Waals surface area contributed by atoms with E-state index < -0.39 is 16.1 Å². The Kier molecular flexibility index (Phi) is 5.80. The highest BCUT2D eigenvalue weighted by Crippen LogP contribution is 2.30. The van der Waals surface area contributed by atoms with Crippen LogP contribution in [0.4, 0.5) is 5.95 Å². The number of hydrogen-bond acceptors (Lipinski definition) is 8. The normalized spacial score (nSPS) is 24.2. The molecular formula is C19H27N5O5S. The number of hydrogen-bond donors (Lipinski definition) is 2. The first-order valence-electron chi connectivity index (χ1n) is 10.2. The van der Waals surface area contributed by atoms with Crippen LogP contribution in [0.2, 0.25) is 0 Å². The zero-order valence-electron chi connectivity index (χ0n) is 16.9. The van der Waals surface area contributed by atoms with E-state index in [4.69, 9.17) is 0 Å². The zero-order chi connectivity index (χ0) is 21.5. The number of aliphatic hydroxyl groups excluding tert-OH is 1. The summed E-state index contributed by atoms with van der Waals surface area (Å²) >= 11 is 0. The summed E-state index contributed by atoms with van der Waals surface area (Å²) in [7, 11) is -3.25. The molecule has 2 aromatic heterocycles. The van der Waals surface area contributed by atoms with Gasteiger partial charge in [0.25, 0.3) is 11.5 Å². The van der Waals surface area contributed by atoms with Crippen molar-refractivity contribution in [3.8, 4) is 0 Å². The number of aliphatic hydroxyl groups is 1. The predicted octanol–water partition coefficient (Wildman–Crippen LogP) is 0.887. The van der Waals surface area contributed by atoms with Crippen LogP contribution in [-0.2, 0) is 10.0 Å². The Morgan fingerprint density at radius 2 is 1.90 bits per heavy atom. The van der Waals surface area contributed by atoms with E-state index in [1.165, 1.54) is 16.6 Å². The van der Waals surface area contributed by atoms with Crippen LogP contribution in [0.25, 0.3) is 11.0 Å². The first kappa shape index (κ1) is 21.2. The Morgan fingerprint density at radius 1 is 1.17 bits per heavy atom. The molecule has 2 aliphatic rings. The molecule has 10 nitrogen and oxygen atoms in total. The van der Waals surface area contributed by atoms with Crippen molar-refractivity contribution in [2.24, 2.45) is 0 Å². The van der Waals surface area contributed by atoms with Gasteiger partial charge in [-0.05, 0) is 44.6 Å². The molecule has 0 radical (unpaired) electrons. The molecule has 11 heteroatoms. The van der Waals surface area contributed by atoms with Gasteiger partial charge in [0, 0.05) is 36.8 Å². The Balaban J connectivity index is 1.63. The minimum absolute atomic E-state index is 0.0796. The van der Waals surface area contributed by atoms with Gasteiger partial charge in [-0.1, -0.05) is 0 Å². The second-order valence-electron chi connectivity index (χ2n) is 8.20. The molecule has 1 aliphatic carbocycles. The minimum Gasteiger partial charge on any atom is -0.393 e. The molecule has 0 aromatic carbocycles. The lowest BCUT2D eigenvalue weighted by atomic mass is 9.92. The summed E-state index contributed by atoms with van der Waals surface area (Å²) < 4.78 is 26.4. The molecule has 0 amide bonds. The van der Waals surface area contributed by atoms with Crippen LogP contribution in [0.1, 0.15) is 44.6 Å². The van der Waals surface area contributed by atoms with E-state index in [9.17, 15) is 23.5 Å². The SMILES string of the molecule is CS(=O)(=O)N1CCC(N(O)c2ncc3ccc(=O)n([C@@H]4CCC[C@@H](O)C4)c3n2)CC1. The van der Waals surface area contributed by atoms with Gasteiger partial charge in [0.05, 0.1) is 18.4 Å². The second kappa shape index (κ2) is 8.22. The van der Waals surface area contributed by atoms with Crippen molar-refractivity contribution in [2.75, 3.05) is 24.4 Å². The molecule has 2 N–H and O–H groups in total. The van der Waals surface area contributed by atoms with Gasteiger partial charge in [0.1, 0.15) is 5.65 Å². The fourth-order valence-corrected chi connectivity index (χ4v) is 5.32. The lowest BCUT2D eigenvalue weighted by Crippen LogP contribution is -2.46. The largest absolute Gasteiger partial charge is 0.393 e. The number of hydroxylamine groups is 1. The molecular weight excluding hydrogens is 410 g/mol. The van der Waals surface area contributed by atoms with E-state index in [0.717, 1.165) is 24.3 Å². The first-order chi connectivity index (χ1) is 14.2. The molecule has 0 unspecified atom stereocenters. The van der Waals surface area contributed by atoms with E-state index in [0.29, 0.717) is 43.4 Å². The maximum Gasteiger partial charge on any atom is 0.252 e. The van der Waals surface area contributed by atoms with Crippen molar-refractivity contribution in [3.63, 3.8) is 0 Å². The number of piperidine rings is 1. The standard InChI is InChI=1S/C19H27N5O5S/c1-30(28,29)22-9-7-14(8-10-22)24(27)19-20-12-13-5-6-17(26)23(18(13)21-19)15-3-2-4-16(25)11-15/h5-6,12,14-16,25,27H,2-4,7-11H2,1H3/t15-,16-/m1/s1. The number of pyridine rings is 1. The van der Waals surface area contributed by atoms with Crippen LogP contribution >= 0.6 is 0 Å². The van der Waals surface area contributed by atoms with Crippen molar-refractivity contribution in [1.29, 1.82) is 0 Å². The van der Waals surface area contributed by atoms with Crippen LogP contribution in [0, 0.1) is 0 Å². The van der Waals surface area contributed by atoms with Gasteiger partial charge in [-0.2, -0.15) is 4.98 Å². The fraction of sp³-hybridized carbons (Fsp3) is 0.632. The number of anilines is 1. The summed E-state index contributed by atoms with van der Waals surface area (Å²) in [5.41, 5.74) is 0.233. The summed E-state index contributed by atoms with van der Waals surface area (Å²) in [6, 6.07) is 2.66. The van der Waals surface area contributed by atoms with Gasteiger partial charge in [0.15, 0.2) is 0 Å². The Morgan fingerprint density at radius 3 is 2.57 bits per heavy atom. The average molecular weight is 438 g/mol. The molecule has 164 valence electrons. The summed E-state index contributed by atoms with van der Waals surface area (Å²) in [5.74, 6) is 0.0796. The second-order valence-corrected chi connectivity index (χ2v) is 10.2. The lowest BCUT2D eigenvalue weighted by Gasteiger charge is -2.34. The summed E-state index contributed by atoms with van der Waals surface area (Å²) in [6.07, 6.45) is 6.03. The predicted molar refractivity (Wildman–Crippen MR) is 111 cm³/mol. The quantitative estimate of drug-likeness (QED) is 0.675. The van der Waals surface area contributed by atoms with Crippen LogP contribution in [0.5, 0.6) is 0 Å². The van der Waals surface area contributed by atoms with Gasteiger partial charge >= 0.3 is 0 Å². The van der Waals surface area contributed by atoms with Crippen molar-refractivity contribution >= 4 is 27.0 Å². The number of sulfonamides is 1. The Labute approximate surface area is 174 Å². The molecule has 0 spiro atoms. The van der Waals surface area contributed by atoms with Crippen LogP contribution < -0.4 is 10.6 Å². The minimum atomic E-state index is -3.25. The van der Waals surface area contributed by atoms with Crippen molar-refractivity contribution in [1.82, 2.24) is 18.8 Å². The summed E-state index contributed by atoms with van der Waals surface area (Å²) in [6.45, 7) is 0.637. The molecule has 0 bridgehead atoms. The third-order valence-electron chi connectivity index (χ3n) is 6.08. The van der Waals surface area contributed by atoms with Crippen molar-refractivity contribution in [3.05, 3.63) is 28.7 Å². The van der Waals surface area contributed by atoms with E-state index in [-0.39, 0.29) is 23.6 Å². The lowest BCUT2D eigenvalue weighted by molar-refractivity contribution is 0.104. The average Bonchev–Trinajstić information content (AvgIpc) is 2.72. The molecule has 2 atom stereocenters. The smallest absolute Gasteiger partial charge is 0.252 e. The highest BCUT2D eigenvalue weighted by molar-refractivity contribution is 7.88. The molecule has 2 aromatic rings. The topological polar surface area (TPSA) is 129 Å². The highest BCUT2D eigenvalue weighted by Gasteiger charge is 2.30. The molecule has 1 aliphatic heterocycles. The summed E-state index contributed by atoms with van der Waals surface area (Å²) in [4.78, 5) is 21.4. The molecule has 2 fully saturated rings. The molecule has 4 rings (SSSR count). The monoisotopic (exact) mass is 437 g/mol. The molecule has 1 saturated heterocycles. The van der Waals surface area contributed by atoms with Crippen molar-refractivity contribution < 1.29 is 18.7 Å². The van der Waals surface area contributed by atoms with E-state index in [1.54, 1.807) is 16.8 Å². The highest BCUT2D eigenvalue weighted by atomic mass is 32.2. The number of aromatic nitrogens is 3. The zero-order valence-corrected chi connectivity index (χ0v) is 17.7. The van der Waals surface area contributed by atoms with Gasteiger partial charge < -0.3 is 5.11 Å². The van der Waals surface area contributed by atoms with Crippen molar-refractivity contribution in [2.45, 2.75) is 56.7 Å². The third-order valence-corrected chi connectivity index (χ3v) is 7.38. The van der Waals surface area contributed by atoms with Crippen LogP contribution in [0.3, 0.4) is 0 Å². The van der Waals surface area contributed by atoms with Gasteiger partial charge in [-0.3, -0.25) is 14.6 Å². The van der Waals surface area contributed by atoms with Gasteiger partial charge in [-0.15, -0.1) is 0 Å². The first-order valence-corrected chi connectivity index (χ1v) is 12.1. The molecule has 3 heterocycles. The third kappa shape index (κ3) is 4.20. The number of rotatable bonds is 4. The summed E-state index contributed by atoms with van der Waals surface area (Å²) in [5, 5.41) is 22.4. The van der Waals surface area contributed by atoms with E-state index >= 15 is 0 Å². The van der Waals surface area contributed by atoms with Crippen LogP contribution in [-0.4, -0.2) is 69.1 Å². The Hall–Kier alpha value is -2.08.